The van der Waals surface area contributed by atoms with Crippen molar-refractivity contribution in [2.24, 2.45) is 0 Å². The highest BCUT2D eigenvalue weighted by molar-refractivity contribution is 6.41. The van der Waals surface area contributed by atoms with E-state index in [4.69, 9.17) is 0 Å². The number of unbranched alkanes of at least 4 members (excludes halogenated alkanes) is 10. The van der Waals surface area contributed by atoms with Crippen LogP contribution in [-0.4, -0.2) is 11.6 Å². The van der Waals surface area contributed by atoms with E-state index in [0.717, 1.165) is 12.0 Å². The number of hydrogen-bond donors (Lipinski definition) is 0. The van der Waals surface area contributed by atoms with Crippen LogP contribution in [0.3, 0.4) is 0 Å². The molecule has 1 aliphatic rings. The van der Waals surface area contributed by atoms with E-state index in [1.807, 2.05) is 12.1 Å². The summed E-state index contributed by atoms with van der Waals surface area (Å²) in [5.74, 6) is -0.323. The molecule has 1 aliphatic carbocycles. The molecule has 0 unspecified atom stereocenters. The maximum atomic E-state index is 12.5. The Morgan fingerprint density at radius 1 is 0.613 bits per heavy atom. The summed E-state index contributed by atoms with van der Waals surface area (Å²) in [7, 11) is 0. The number of carbonyl (C=O) groups is 2. The standard InChI is InChI=1S/C29H36O2/c1-2-3-4-5-6-7-8-9-10-11-12-15-23-18-20-24(21-19-23)22-27-28(30)25-16-13-14-17-26(25)29(27)31/h13-14,16-22H,2-12,15H2,1H3. The van der Waals surface area contributed by atoms with Crippen LogP contribution in [0.2, 0.25) is 0 Å². The maximum absolute atomic E-state index is 12.5. The molecule has 2 aromatic rings. The van der Waals surface area contributed by atoms with Gasteiger partial charge in [-0.3, -0.25) is 9.59 Å². The molecule has 0 radical (unpaired) electrons. The van der Waals surface area contributed by atoms with Gasteiger partial charge in [0.2, 0.25) is 0 Å². The van der Waals surface area contributed by atoms with Gasteiger partial charge in [-0.1, -0.05) is 120 Å². The van der Waals surface area contributed by atoms with E-state index in [1.54, 1.807) is 30.3 Å². The Kier molecular flexibility index (Phi) is 9.27. The number of Topliss-reactive ketones (excluding diaryl/α,β-unsaturated/α-hetero) is 2. The first-order chi connectivity index (χ1) is 15.2. The van der Waals surface area contributed by atoms with E-state index in [0.29, 0.717) is 11.1 Å². The predicted octanol–water partition coefficient (Wildman–Crippen LogP) is 8.00. The van der Waals surface area contributed by atoms with Gasteiger partial charge in [-0.25, -0.2) is 0 Å². The molecule has 0 amide bonds. The van der Waals surface area contributed by atoms with Crippen molar-refractivity contribution in [3.05, 3.63) is 76.4 Å². The minimum Gasteiger partial charge on any atom is -0.288 e. The molecule has 164 valence electrons. The quantitative estimate of drug-likeness (QED) is 0.188. The van der Waals surface area contributed by atoms with Crippen LogP contribution in [0.15, 0.2) is 54.1 Å². The summed E-state index contributed by atoms with van der Waals surface area (Å²) in [6.07, 6.45) is 17.8. The minimum absolute atomic E-state index is 0.161. The zero-order valence-electron chi connectivity index (χ0n) is 19.0. The molecule has 2 aromatic carbocycles. The number of fused-ring (bicyclic) bond motifs is 1. The molecule has 31 heavy (non-hydrogen) atoms. The Hall–Kier alpha value is -2.48. The molecule has 2 nitrogen and oxygen atoms in total. The molecule has 0 aliphatic heterocycles. The average Bonchev–Trinajstić information content (AvgIpc) is 3.03. The summed E-state index contributed by atoms with van der Waals surface area (Å²) < 4.78 is 0. The second kappa shape index (κ2) is 12.4. The van der Waals surface area contributed by atoms with E-state index in [-0.39, 0.29) is 17.1 Å². The van der Waals surface area contributed by atoms with Gasteiger partial charge in [0.15, 0.2) is 11.6 Å². The zero-order valence-corrected chi connectivity index (χ0v) is 19.0. The van der Waals surface area contributed by atoms with Gasteiger partial charge in [0.05, 0.1) is 5.57 Å². The van der Waals surface area contributed by atoms with Crippen LogP contribution in [0.25, 0.3) is 6.08 Å². The lowest BCUT2D eigenvalue weighted by atomic mass is 10.0. The lowest BCUT2D eigenvalue weighted by Crippen LogP contribution is -2.00. The van der Waals surface area contributed by atoms with Crippen molar-refractivity contribution >= 4 is 17.6 Å². The van der Waals surface area contributed by atoms with Gasteiger partial charge in [-0.05, 0) is 30.0 Å². The number of benzene rings is 2. The van der Waals surface area contributed by atoms with Crippen molar-refractivity contribution in [3.8, 4) is 0 Å². The second-order valence-corrected chi connectivity index (χ2v) is 8.79. The van der Waals surface area contributed by atoms with Crippen LogP contribution in [0, 0.1) is 0 Å². The second-order valence-electron chi connectivity index (χ2n) is 8.79. The Labute approximate surface area is 187 Å². The van der Waals surface area contributed by atoms with Crippen LogP contribution in [0.5, 0.6) is 0 Å². The van der Waals surface area contributed by atoms with Gasteiger partial charge in [-0.15, -0.1) is 0 Å². The van der Waals surface area contributed by atoms with Crippen LogP contribution in [-0.2, 0) is 6.42 Å². The number of ketones is 2. The first-order valence-electron chi connectivity index (χ1n) is 12.2. The third kappa shape index (κ3) is 6.75. The topological polar surface area (TPSA) is 34.1 Å². The lowest BCUT2D eigenvalue weighted by molar-refractivity contribution is 0.0990. The highest BCUT2D eigenvalue weighted by atomic mass is 16.2. The fourth-order valence-electron chi connectivity index (χ4n) is 4.34. The Bertz CT molecular complexity index is 852. The van der Waals surface area contributed by atoms with Gasteiger partial charge < -0.3 is 0 Å². The molecule has 3 rings (SSSR count). The number of carbonyl (C=O) groups excluding carboxylic acids is 2. The Balaban J connectivity index is 1.36. The summed E-state index contributed by atoms with van der Waals surface area (Å²) >= 11 is 0. The van der Waals surface area contributed by atoms with Crippen molar-refractivity contribution in [3.63, 3.8) is 0 Å². The van der Waals surface area contributed by atoms with E-state index < -0.39 is 0 Å². The van der Waals surface area contributed by atoms with E-state index in [1.165, 1.54) is 76.2 Å². The molecule has 0 spiro atoms. The highest BCUT2D eigenvalue weighted by Crippen LogP contribution is 2.27. The summed E-state index contributed by atoms with van der Waals surface area (Å²) in [5, 5.41) is 0. The molecule has 0 N–H and O–H groups in total. The summed E-state index contributed by atoms with van der Waals surface area (Å²) in [6.45, 7) is 2.27. The van der Waals surface area contributed by atoms with Crippen LogP contribution in [0.4, 0.5) is 0 Å². The third-order valence-electron chi connectivity index (χ3n) is 6.27. The highest BCUT2D eigenvalue weighted by Gasteiger charge is 2.32. The number of allylic oxidation sites excluding steroid dienone is 1. The Morgan fingerprint density at radius 3 is 1.61 bits per heavy atom. The molecular weight excluding hydrogens is 380 g/mol. The lowest BCUT2D eigenvalue weighted by Gasteiger charge is -2.04. The number of aryl methyl sites for hydroxylation is 1. The summed E-state index contributed by atoms with van der Waals surface area (Å²) in [5.41, 5.74) is 3.55. The molecule has 2 heteroatoms. The molecule has 0 heterocycles. The SMILES string of the molecule is CCCCCCCCCCCCCc1ccc(C=C2C(=O)c3ccccc3C2=O)cc1. The van der Waals surface area contributed by atoms with Gasteiger partial charge >= 0.3 is 0 Å². The molecular formula is C29H36O2. The van der Waals surface area contributed by atoms with Crippen LogP contribution >= 0.6 is 0 Å². The largest absolute Gasteiger partial charge is 0.288 e. The van der Waals surface area contributed by atoms with E-state index in [9.17, 15) is 9.59 Å². The van der Waals surface area contributed by atoms with Gasteiger partial charge in [-0.2, -0.15) is 0 Å². The smallest absolute Gasteiger partial charge is 0.197 e. The first kappa shape index (κ1) is 23.2. The van der Waals surface area contributed by atoms with Gasteiger partial charge in [0.25, 0.3) is 0 Å². The van der Waals surface area contributed by atoms with Crippen molar-refractivity contribution in [1.82, 2.24) is 0 Å². The molecule has 0 bridgehead atoms. The van der Waals surface area contributed by atoms with E-state index >= 15 is 0 Å². The molecule has 0 atom stereocenters. The minimum atomic E-state index is -0.161. The average molecular weight is 417 g/mol. The number of rotatable bonds is 13. The zero-order chi connectivity index (χ0) is 21.9. The van der Waals surface area contributed by atoms with Gasteiger partial charge in [0.1, 0.15) is 0 Å². The van der Waals surface area contributed by atoms with Crippen molar-refractivity contribution < 1.29 is 9.59 Å². The normalized spacial score (nSPS) is 13.0. The van der Waals surface area contributed by atoms with Crippen molar-refractivity contribution in [2.45, 2.75) is 84.0 Å². The van der Waals surface area contributed by atoms with Gasteiger partial charge in [0, 0.05) is 11.1 Å². The molecule has 0 aromatic heterocycles. The van der Waals surface area contributed by atoms with Crippen molar-refractivity contribution in [2.75, 3.05) is 0 Å². The number of hydrogen-bond acceptors (Lipinski definition) is 2. The van der Waals surface area contributed by atoms with E-state index in [2.05, 4.69) is 19.1 Å². The van der Waals surface area contributed by atoms with Crippen LogP contribution < -0.4 is 0 Å². The molecule has 0 saturated carbocycles. The molecule has 0 saturated heterocycles. The molecule has 0 fully saturated rings. The summed E-state index contributed by atoms with van der Waals surface area (Å²) in [4.78, 5) is 25.0. The fraction of sp³-hybridized carbons (Fsp3) is 0.448. The maximum Gasteiger partial charge on any atom is 0.197 e. The van der Waals surface area contributed by atoms with Crippen LogP contribution in [0.1, 0.15) is 109 Å². The predicted molar refractivity (Wildman–Crippen MR) is 130 cm³/mol. The Morgan fingerprint density at radius 2 is 1.10 bits per heavy atom. The first-order valence-corrected chi connectivity index (χ1v) is 12.2. The fourth-order valence-corrected chi connectivity index (χ4v) is 4.34. The summed E-state index contributed by atoms with van der Waals surface area (Å²) in [6, 6.07) is 15.3. The monoisotopic (exact) mass is 416 g/mol. The van der Waals surface area contributed by atoms with Crippen molar-refractivity contribution in [1.29, 1.82) is 0 Å². The third-order valence-corrected chi connectivity index (χ3v) is 6.27.